The zero-order valence-electron chi connectivity index (χ0n) is 12.8. The van der Waals surface area contributed by atoms with Gasteiger partial charge in [0.15, 0.2) is 0 Å². The summed E-state index contributed by atoms with van der Waals surface area (Å²) in [7, 11) is 0. The van der Waals surface area contributed by atoms with Gasteiger partial charge < -0.3 is 20.1 Å². The number of hydrogen-bond donors (Lipinski definition) is 2. The van der Waals surface area contributed by atoms with Gasteiger partial charge in [0.1, 0.15) is 5.60 Å². The van der Waals surface area contributed by atoms with Crippen molar-refractivity contribution in [1.29, 1.82) is 0 Å². The first-order valence-corrected chi connectivity index (χ1v) is 7.16. The second-order valence-electron chi connectivity index (χ2n) is 6.17. The Morgan fingerprint density at radius 1 is 1.24 bits per heavy atom. The molecular formula is C14H24N2O5. The van der Waals surface area contributed by atoms with Crippen LogP contribution in [0.3, 0.4) is 0 Å². The molecule has 0 atom stereocenters. The summed E-state index contributed by atoms with van der Waals surface area (Å²) in [6, 6.07) is 0. The first-order chi connectivity index (χ1) is 9.69. The lowest BCUT2D eigenvalue weighted by atomic mass is 9.97. The van der Waals surface area contributed by atoms with E-state index in [9.17, 15) is 14.4 Å². The number of nitrogens with zero attached hydrogens (tertiary/aromatic N) is 1. The number of carbonyl (C=O) groups is 3. The fourth-order valence-corrected chi connectivity index (χ4v) is 2.12. The van der Waals surface area contributed by atoms with Crippen molar-refractivity contribution in [1.82, 2.24) is 10.2 Å². The fraction of sp³-hybridized carbons (Fsp3) is 0.786. The van der Waals surface area contributed by atoms with E-state index in [0.29, 0.717) is 25.9 Å². The standard InChI is InChI=1S/C14H24N2O5/c1-14(2,3)21-13(20)15-7-4-11(17)16-8-5-10(6-9-16)12(18)19/h10H,4-9H2,1-3H3,(H,15,20)(H,18,19). The molecule has 1 aliphatic heterocycles. The van der Waals surface area contributed by atoms with Crippen LogP contribution in [-0.2, 0) is 14.3 Å². The Hall–Kier alpha value is -1.79. The van der Waals surface area contributed by atoms with Crippen molar-refractivity contribution in [3.05, 3.63) is 0 Å². The van der Waals surface area contributed by atoms with Gasteiger partial charge >= 0.3 is 12.1 Å². The molecule has 0 aromatic heterocycles. The first-order valence-electron chi connectivity index (χ1n) is 7.16. The topological polar surface area (TPSA) is 95.9 Å². The lowest BCUT2D eigenvalue weighted by Gasteiger charge is -2.30. The zero-order chi connectivity index (χ0) is 16.0. The normalized spacial score (nSPS) is 16.4. The fourth-order valence-electron chi connectivity index (χ4n) is 2.12. The largest absolute Gasteiger partial charge is 0.481 e. The van der Waals surface area contributed by atoms with E-state index in [-0.39, 0.29) is 24.8 Å². The number of ether oxygens (including phenoxy) is 1. The van der Waals surface area contributed by atoms with E-state index in [4.69, 9.17) is 9.84 Å². The number of alkyl carbamates (subject to hydrolysis) is 1. The number of carbonyl (C=O) groups excluding carboxylic acids is 2. The van der Waals surface area contributed by atoms with Gasteiger partial charge in [-0.25, -0.2) is 4.79 Å². The highest BCUT2D eigenvalue weighted by molar-refractivity contribution is 5.78. The molecule has 0 spiro atoms. The third kappa shape index (κ3) is 6.46. The average Bonchev–Trinajstić information content (AvgIpc) is 2.36. The lowest BCUT2D eigenvalue weighted by Crippen LogP contribution is -2.41. The molecule has 2 amide bonds. The van der Waals surface area contributed by atoms with Crippen LogP contribution in [0.15, 0.2) is 0 Å². The highest BCUT2D eigenvalue weighted by atomic mass is 16.6. The molecule has 1 heterocycles. The zero-order valence-corrected chi connectivity index (χ0v) is 12.8. The summed E-state index contributed by atoms with van der Waals surface area (Å²) in [5.74, 6) is -1.22. The van der Waals surface area contributed by atoms with Crippen molar-refractivity contribution in [3.63, 3.8) is 0 Å². The van der Waals surface area contributed by atoms with Gasteiger partial charge in [-0.3, -0.25) is 9.59 Å². The molecule has 1 fully saturated rings. The summed E-state index contributed by atoms with van der Waals surface area (Å²) >= 11 is 0. The minimum atomic E-state index is -0.798. The van der Waals surface area contributed by atoms with E-state index in [1.807, 2.05) is 0 Å². The number of nitrogens with one attached hydrogen (secondary N) is 1. The van der Waals surface area contributed by atoms with Crippen molar-refractivity contribution in [3.8, 4) is 0 Å². The maximum atomic E-state index is 11.9. The highest BCUT2D eigenvalue weighted by Crippen LogP contribution is 2.17. The van der Waals surface area contributed by atoms with Crippen molar-refractivity contribution < 1.29 is 24.2 Å². The molecule has 7 nitrogen and oxygen atoms in total. The predicted molar refractivity (Wildman–Crippen MR) is 75.8 cm³/mol. The highest BCUT2D eigenvalue weighted by Gasteiger charge is 2.26. The summed E-state index contributed by atoms with van der Waals surface area (Å²) in [6.45, 7) is 6.44. The molecule has 2 N–H and O–H groups in total. The summed E-state index contributed by atoms with van der Waals surface area (Å²) in [5, 5.41) is 11.4. The van der Waals surface area contributed by atoms with Crippen LogP contribution in [0, 0.1) is 5.92 Å². The molecule has 1 aliphatic rings. The Kier molecular flexibility index (Phi) is 5.99. The third-order valence-electron chi connectivity index (χ3n) is 3.20. The van der Waals surface area contributed by atoms with E-state index < -0.39 is 17.7 Å². The monoisotopic (exact) mass is 300 g/mol. The SMILES string of the molecule is CC(C)(C)OC(=O)NCCC(=O)N1CCC(C(=O)O)CC1. The molecular weight excluding hydrogens is 276 g/mol. The van der Waals surface area contributed by atoms with Crippen LogP contribution in [0.1, 0.15) is 40.0 Å². The van der Waals surface area contributed by atoms with Gasteiger partial charge in [0.25, 0.3) is 0 Å². The lowest BCUT2D eigenvalue weighted by molar-refractivity contribution is -0.145. The van der Waals surface area contributed by atoms with Crippen LogP contribution >= 0.6 is 0 Å². The Morgan fingerprint density at radius 3 is 2.29 bits per heavy atom. The molecule has 0 aromatic rings. The van der Waals surface area contributed by atoms with Gasteiger partial charge in [-0.05, 0) is 33.6 Å². The Bertz CT molecular complexity index is 395. The van der Waals surface area contributed by atoms with Gasteiger partial charge in [0.05, 0.1) is 5.92 Å². The number of rotatable bonds is 4. The molecule has 0 unspecified atom stereocenters. The number of carboxylic acid groups (broad SMARTS) is 1. The Morgan fingerprint density at radius 2 is 1.81 bits per heavy atom. The molecule has 1 saturated heterocycles. The molecule has 0 radical (unpaired) electrons. The maximum Gasteiger partial charge on any atom is 0.407 e. The van der Waals surface area contributed by atoms with E-state index >= 15 is 0 Å². The summed E-state index contributed by atoms with van der Waals surface area (Å²) in [6.07, 6.45) is 0.623. The smallest absolute Gasteiger partial charge is 0.407 e. The van der Waals surface area contributed by atoms with Gasteiger partial charge in [-0.1, -0.05) is 0 Å². The molecule has 0 aromatic carbocycles. The van der Waals surface area contributed by atoms with Gasteiger partial charge in [0, 0.05) is 26.1 Å². The van der Waals surface area contributed by atoms with Crippen LogP contribution < -0.4 is 5.32 Å². The molecule has 120 valence electrons. The second-order valence-corrected chi connectivity index (χ2v) is 6.17. The van der Waals surface area contributed by atoms with Crippen LogP contribution in [-0.4, -0.2) is 53.2 Å². The minimum absolute atomic E-state index is 0.0742. The number of piperidine rings is 1. The number of aliphatic carboxylic acids is 1. The number of likely N-dealkylation sites (tertiary alicyclic amines) is 1. The van der Waals surface area contributed by atoms with Crippen LogP contribution in [0.5, 0.6) is 0 Å². The number of amides is 2. The van der Waals surface area contributed by atoms with Gasteiger partial charge in [0.2, 0.25) is 5.91 Å². The van der Waals surface area contributed by atoms with Crippen LogP contribution in [0.4, 0.5) is 4.79 Å². The molecule has 0 saturated carbocycles. The third-order valence-corrected chi connectivity index (χ3v) is 3.20. The average molecular weight is 300 g/mol. The quantitative estimate of drug-likeness (QED) is 0.814. The maximum absolute atomic E-state index is 11.9. The minimum Gasteiger partial charge on any atom is -0.481 e. The van der Waals surface area contributed by atoms with Crippen molar-refractivity contribution >= 4 is 18.0 Å². The van der Waals surface area contributed by atoms with E-state index in [1.54, 1.807) is 25.7 Å². The van der Waals surface area contributed by atoms with E-state index in [0.717, 1.165) is 0 Å². The summed E-state index contributed by atoms with van der Waals surface area (Å²) in [4.78, 5) is 35.8. The van der Waals surface area contributed by atoms with Crippen molar-refractivity contribution in [2.45, 2.75) is 45.6 Å². The number of carboxylic acids is 1. The first kappa shape index (κ1) is 17.3. The summed E-state index contributed by atoms with van der Waals surface area (Å²) < 4.78 is 5.07. The van der Waals surface area contributed by atoms with Crippen molar-refractivity contribution in [2.24, 2.45) is 5.92 Å². The van der Waals surface area contributed by atoms with E-state index in [1.165, 1.54) is 0 Å². The number of hydrogen-bond acceptors (Lipinski definition) is 4. The van der Waals surface area contributed by atoms with Crippen LogP contribution in [0.25, 0.3) is 0 Å². The Balaban J connectivity index is 2.23. The predicted octanol–water partition coefficient (Wildman–Crippen LogP) is 1.22. The summed E-state index contributed by atoms with van der Waals surface area (Å²) in [5.41, 5.74) is -0.563. The van der Waals surface area contributed by atoms with Gasteiger partial charge in [-0.15, -0.1) is 0 Å². The second kappa shape index (κ2) is 7.28. The molecule has 0 aliphatic carbocycles. The molecule has 0 bridgehead atoms. The Labute approximate surface area is 124 Å². The van der Waals surface area contributed by atoms with E-state index in [2.05, 4.69) is 5.32 Å². The molecule has 21 heavy (non-hydrogen) atoms. The van der Waals surface area contributed by atoms with Gasteiger partial charge in [-0.2, -0.15) is 0 Å². The van der Waals surface area contributed by atoms with Crippen LogP contribution in [0.2, 0.25) is 0 Å². The molecule has 7 heteroatoms. The van der Waals surface area contributed by atoms with Crippen molar-refractivity contribution in [2.75, 3.05) is 19.6 Å². The molecule has 1 rings (SSSR count).